The van der Waals surface area contributed by atoms with Crippen LogP contribution in [-0.4, -0.2) is 147 Å². The first-order chi connectivity index (χ1) is 29.3. The first-order valence-electron chi connectivity index (χ1n) is 21.9. The zero-order chi connectivity index (χ0) is 43.5. The van der Waals surface area contributed by atoms with Gasteiger partial charge in [-0.2, -0.15) is 0 Å². The number of carbonyl (C=O) groups is 4. The lowest BCUT2D eigenvalue weighted by Crippen LogP contribution is -2.44. The molecule has 0 atom stereocenters. The van der Waals surface area contributed by atoms with Crippen LogP contribution in [0.15, 0.2) is 42.2 Å². The monoisotopic (exact) mass is 1100 g/mol. The van der Waals surface area contributed by atoms with Gasteiger partial charge in [-0.1, -0.05) is 63.7 Å². The first-order valence-corrected chi connectivity index (χ1v) is 25.1. The van der Waals surface area contributed by atoms with E-state index in [0.717, 1.165) is 172 Å². The van der Waals surface area contributed by atoms with Gasteiger partial charge in [-0.15, -0.1) is 0 Å². The van der Waals surface area contributed by atoms with Crippen molar-refractivity contribution in [3.05, 3.63) is 64.4 Å². The summed E-state index contributed by atoms with van der Waals surface area (Å²) >= 11 is 14.7. The highest BCUT2D eigenvalue weighted by Gasteiger charge is 2.28. The molecule has 4 saturated heterocycles. The molecule has 17 heteroatoms. The third-order valence-electron chi connectivity index (χ3n) is 12.9. The Kier molecular flexibility index (Phi) is 19.2. The Morgan fingerprint density at radius 2 is 0.869 bits per heavy atom. The predicted octanol–water partition coefficient (Wildman–Crippen LogP) is 5.32. The maximum Gasteiger partial charge on any atom is 0.220 e. The van der Waals surface area contributed by atoms with Crippen LogP contribution in [0.2, 0.25) is 0 Å². The summed E-state index contributed by atoms with van der Waals surface area (Å²) in [5.41, 5.74) is 14.5. The number of Topliss-reactive ketones (excluding diaryl/α,β-unsaturated/α-hetero) is 2. The maximum absolute atomic E-state index is 13.1. The van der Waals surface area contributed by atoms with Crippen molar-refractivity contribution in [2.24, 2.45) is 23.3 Å². The number of likely N-dealkylation sites (tertiary alicyclic amines) is 4. The molecule has 0 aromatic heterocycles. The van der Waals surface area contributed by atoms with Crippen molar-refractivity contribution in [1.29, 1.82) is 0 Å². The second kappa shape index (κ2) is 24.0. The normalized spacial score (nSPS) is 20.0. The number of hydrogen-bond acceptors (Lipinski definition) is 11. The summed E-state index contributed by atoms with van der Waals surface area (Å²) in [4.78, 5) is 58.8. The largest absolute Gasteiger partial charge is 0.375 e. The Morgan fingerprint density at radius 3 is 1.21 bits per heavy atom. The summed E-state index contributed by atoms with van der Waals surface area (Å²) in [6, 6.07) is 7.89. The van der Waals surface area contributed by atoms with Gasteiger partial charge in [0, 0.05) is 106 Å². The molecule has 0 bridgehead atoms. The number of hydrogen-bond donors (Lipinski definition) is 4. The molecule has 0 saturated carbocycles. The lowest BCUT2D eigenvalue weighted by Gasteiger charge is -2.37. The van der Waals surface area contributed by atoms with Gasteiger partial charge < -0.3 is 36.6 Å². The van der Waals surface area contributed by atoms with Gasteiger partial charge in [0.1, 0.15) is 0 Å². The van der Waals surface area contributed by atoms with E-state index in [4.69, 9.17) is 16.2 Å². The van der Waals surface area contributed by atoms with Crippen molar-refractivity contribution in [1.82, 2.24) is 30.2 Å². The van der Waals surface area contributed by atoms with Gasteiger partial charge in [-0.3, -0.25) is 29.0 Å². The number of ether oxygens (including phenoxy) is 1. The van der Waals surface area contributed by atoms with Crippen molar-refractivity contribution in [3.8, 4) is 0 Å². The van der Waals surface area contributed by atoms with Crippen molar-refractivity contribution in [3.63, 3.8) is 0 Å². The van der Waals surface area contributed by atoms with Crippen LogP contribution >= 0.6 is 63.7 Å². The van der Waals surface area contributed by atoms with E-state index in [9.17, 15) is 19.2 Å². The van der Waals surface area contributed by atoms with Gasteiger partial charge >= 0.3 is 0 Å². The van der Waals surface area contributed by atoms with E-state index in [-0.39, 0.29) is 48.3 Å². The van der Waals surface area contributed by atoms with Gasteiger partial charge in [-0.25, -0.2) is 0 Å². The van der Waals surface area contributed by atoms with E-state index in [2.05, 4.69) is 94.0 Å². The molecule has 13 nitrogen and oxygen atoms in total. The average molecular weight is 1100 g/mol. The summed E-state index contributed by atoms with van der Waals surface area (Å²) < 4.78 is 10.0. The zero-order valence-corrected chi connectivity index (χ0v) is 41.4. The molecule has 2 aromatic rings. The van der Waals surface area contributed by atoms with Gasteiger partial charge in [0.25, 0.3) is 0 Å². The molecule has 61 heavy (non-hydrogen) atoms. The molecule has 4 aliphatic heterocycles. The smallest absolute Gasteiger partial charge is 0.220 e. The van der Waals surface area contributed by atoms with Crippen LogP contribution in [0.5, 0.6) is 0 Å². The topological polar surface area (TPSA) is 167 Å². The molecule has 0 aliphatic carbocycles. The molecule has 6 N–H and O–H groups in total. The number of nitrogens with two attached hydrogens (primary N) is 2. The average Bonchev–Trinajstić information content (AvgIpc) is 3.24. The molecule has 4 heterocycles. The van der Waals surface area contributed by atoms with Crippen LogP contribution in [0.1, 0.15) is 83.2 Å². The van der Waals surface area contributed by atoms with Gasteiger partial charge in [-0.05, 0) is 113 Å². The highest BCUT2D eigenvalue weighted by molar-refractivity contribution is 9.11. The minimum Gasteiger partial charge on any atom is -0.375 e. The summed E-state index contributed by atoms with van der Waals surface area (Å²) in [6.45, 7) is 12.7. The number of rotatable bonds is 20. The summed E-state index contributed by atoms with van der Waals surface area (Å²) in [5, 5.41) is 6.72. The van der Waals surface area contributed by atoms with E-state index in [0.29, 0.717) is 23.3 Å². The van der Waals surface area contributed by atoms with E-state index in [1.165, 1.54) is 0 Å². The van der Waals surface area contributed by atoms with E-state index >= 15 is 0 Å². The number of benzene rings is 2. The molecule has 336 valence electrons. The molecule has 0 radical (unpaired) electrons. The fourth-order valence-electron chi connectivity index (χ4n) is 8.96. The van der Waals surface area contributed by atoms with Crippen molar-refractivity contribution in [2.45, 2.75) is 76.7 Å². The lowest BCUT2D eigenvalue weighted by molar-refractivity contribution is -0.124. The Balaban J connectivity index is 0.799. The summed E-state index contributed by atoms with van der Waals surface area (Å²) in [6.07, 6.45) is 7.86. The summed E-state index contributed by atoms with van der Waals surface area (Å²) in [7, 11) is 0. The van der Waals surface area contributed by atoms with E-state index in [1.54, 1.807) is 0 Å². The number of carbonyl (C=O) groups excluding carboxylic acids is 4. The Labute approximate surface area is 394 Å². The van der Waals surface area contributed by atoms with Gasteiger partial charge in [0.15, 0.2) is 11.6 Å². The maximum atomic E-state index is 13.1. The number of nitrogens with zero attached hydrogens (tertiary/aromatic N) is 4. The minimum atomic E-state index is -0.205. The number of halogens is 4. The zero-order valence-electron chi connectivity index (χ0n) is 35.1. The standard InChI is InChI=1S/C44H62Br4N8O5/c45-37-23-35(39(47)21-31(37)27-55-11-1-29(2-12-55)43(49)59)41(57)25-51-9-19-53-15-5-33(6-16-53)61-34-7-17-54(18-8-34)20-10-52-26-42(58)36-24-38(46)32(22-40(36)48)28-56-13-3-30(4-14-56)44(50)60/h21-24,29-30,33-34,51-52H,1-20,25-28H2,(H2,49,59)(H2,50,60). The number of nitrogens with one attached hydrogen (secondary N) is 2. The van der Waals surface area contributed by atoms with Crippen LogP contribution < -0.4 is 22.1 Å². The van der Waals surface area contributed by atoms with Crippen LogP contribution in [0.25, 0.3) is 0 Å². The fourth-order valence-corrected chi connectivity index (χ4v) is 11.1. The van der Waals surface area contributed by atoms with Crippen molar-refractivity contribution < 1.29 is 23.9 Å². The van der Waals surface area contributed by atoms with E-state index < -0.39 is 0 Å². The summed E-state index contributed by atoms with van der Waals surface area (Å²) in [5.74, 6) is -0.364. The van der Waals surface area contributed by atoms with Crippen molar-refractivity contribution >= 4 is 87.1 Å². The number of piperidine rings is 4. The third-order valence-corrected chi connectivity index (χ3v) is 15.7. The van der Waals surface area contributed by atoms with Crippen molar-refractivity contribution in [2.75, 3.05) is 91.6 Å². The minimum absolute atomic E-state index is 0.0316. The Bertz CT molecular complexity index is 1700. The molecular formula is C44H62Br4N8O5. The highest BCUT2D eigenvalue weighted by Crippen LogP contribution is 2.31. The second-order valence-electron chi connectivity index (χ2n) is 17.2. The van der Waals surface area contributed by atoms with Gasteiger partial charge in [0.05, 0.1) is 25.3 Å². The highest BCUT2D eigenvalue weighted by atomic mass is 79.9. The molecule has 4 aliphatic rings. The number of amides is 2. The quantitative estimate of drug-likeness (QED) is 0.100. The Morgan fingerprint density at radius 1 is 0.525 bits per heavy atom. The second-order valence-corrected chi connectivity index (χ2v) is 20.6. The van der Waals surface area contributed by atoms with Crippen LogP contribution in [-0.2, 0) is 27.4 Å². The lowest BCUT2D eigenvalue weighted by atomic mass is 9.96. The molecule has 2 amide bonds. The predicted molar refractivity (Wildman–Crippen MR) is 252 cm³/mol. The third kappa shape index (κ3) is 14.7. The van der Waals surface area contributed by atoms with Crippen LogP contribution in [0, 0.1) is 11.8 Å². The van der Waals surface area contributed by atoms with Gasteiger partial charge in [0.2, 0.25) is 11.8 Å². The Hall–Kier alpha value is -1.64. The molecule has 6 rings (SSSR count). The molecular weight excluding hydrogens is 1040 g/mol. The van der Waals surface area contributed by atoms with E-state index in [1.807, 2.05) is 24.3 Å². The number of ketones is 2. The first kappa shape index (κ1) is 48.8. The fraction of sp³-hybridized carbons (Fsp3) is 0.636. The van der Waals surface area contributed by atoms with Crippen LogP contribution in [0.4, 0.5) is 0 Å². The molecule has 2 aromatic carbocycles. The molecule has 0 spiro atoms. The number of primary amides is 2. The molecule has 4 fully saturated rings. The van der Waals surface area contributed by atoms with Crippen LogP contribution in [0.3, 0.4) is 0 Å². The SMILES string of the molecule is NC(=O)C1CCN(Cc2cc(Br)c(C(=O)CNCCN3CCC(OC4CCN(CCNCC(=O)c5cc(Br)c(CN6CCC(C(N)=O)CC6)cc5Br)CC4)CC3)cc2Br)CC1. The molecule has 0 unspecified atom stereocenters.